The molecule has 6 heteroatoms. The smallest absolute Gasteiger partial charge is 0.210 e. The van der Waals surface area contributed by atoms with E-state index in [0.717, 1.165) is 44.1 Å². The first-order valence-corrected chi connectivity index (χ1v) is 10.3. The van der Waals surface area contributed by atoms with E-state index in [0.29, 0.717) is 17.8 Å². The lowest BCUT2D eigenvalue weighted by molar-refractivity contribution is -0.390. The first-order chi connectivity index (χ1) is 12.2. The van der Waals surface area contributed by atoms with Crippen molar-refractivity contribution < 1.29 is 14.5 Å². The number of hydrogen-bond donors (Lipinski definition) is 0. The molecule has 0 amide bonds. The number of halogens is 1. The minimum Gasteiger partial charge on any atom is -0.337 e. The zero-order valence-corrected chi connectivity index (χ0v) is 16.0. The first-order valence-electron chi connectivity index (χ1n) is 10.3. The predicted molar refractivity (Wildman–Crippen MR) is 97.2 cm³/mol. The second-order valence-electron chi connectivity index (χ2n) is 9.41. The Kier molecular flexibility index (Phi) is 4.16. The van der Waals surface area contributed by atoms with E-state index in [4.69, 9.17) is 14.5 Å². The summed E-state index contributed by atoms with van der Waals surface area (Å²) in [5.41, 5.74) is 0. The highest BCUT2D eigenvalue weighted by Crippen LogP contribution is 2.63. The fourth-order valence-electron chi connectivity index (χ4n) is 6.79. The highest BCUT2D eigenvalue weighted by atomic mass is 35.5. The Morgan fingerprint density at radius 1 is 0.962 bits per heavy atom. The summed E-state index contributed by atoms with van der Waals surface area (Å²) in [6, 6.07) is 0. The van der Waals surface area contributed by atoms with E-state index in [1.54, 1.807) is 0 Å². The molecule has 5 nitrogen and oxygen atoms in total. The fraction of sp³-hybridized carbons (Fsp3) is 0.850. The van der Waals surface area contributed by atoms with Crippen LogP contribution in [0.1, 0.15) is 57.8 Å². The lowest BCUT2D eigenvalue weighted by atomic mass is 9.53. The highest BCUT2D eigenvalue weighted by molar-refractivity contribution is 5.85. The number of nitrogens with zero attached hydrogens (tertiary/aromatic N) is 2. The van der Waals surface area contributed by atoms with Gasteiger partial charge in [0, 0.05) is 43.6 Å². The van der Waals surface area contributed by atoms with E-state index in [1.807, 2.05) is 12.5 Å². The van der Waals surface area contributed by atoms with Gasteiger partial charge in [-0.05, 0) is 62.7 Å². The lowest BCUT2D eigenvalue weighted by Crippen LogP contribution is -2.59. The quantitative estimate of drug-likeness (QED) is 0.716. The van der Waals surface area contributed by atoms with Gasteiger partial charge in [0.25, 0.3) is 0 Å². The average Bonchev–Trinajstić information content (AvgIpc) is 3.24. The van der Waals surface area contributed by atoms with Crippen LogP contribution in [0, 0.1) is 29.6 Å². The van der Waals surface area contributed by atoms with E-state index in [2.05, 4.69) is 15.7 Å². The first kappa shape index (κ1) is 17.5. The second-order valence-corrected chi connectivity index (χ2v) is 9.41. The van der Waals surface area contributed by atoms with Crippen LogP contribution < -0.4 is 0 Å². The maximum Gasteiger partial charge on any atom is 0.210 e. The molecule has 26 heavy (non-hydrogen) atoms. The summed E-state index contributed by atoms with van der Waals surface area (Å²) >= 11 is 0. The molecule has 0 N–H and O–H groups in total. The zero-order chi connectivity index (χ0) is 16.5. The van der Waals surface area contributed by atoms with Gasteiger partial charge in [-0.3, -0.25) is 0 Å². The van der Waals surface area contributed by atoms with Gasteiger partial charge >= 0.3 is 0 Å². The Bertz CT molecular complexity index is 613. The summed E-state index contributed by atoms with van der Waals surface area (Å²) in [6.07, 6.45) is 16.6. The van der Waals surface area contributed by atoms with Crippen LogP contribution in [0.15, 0.2) is 18.7 Å². The zero-order valence-electron chi connectivity index (χ0n) is 15.2. The van der Waals surface area contributed by atoms with Gasteiger partial charge in [0.15, 0.2) is 0 Å². The molecular formula is C20H29ClN2O3. The van der Waals surface area contributed by atoms with Crippen molar-refractivity contribution in [3.63, 3.8) is 0 Å². The molecule has 0 aromatic carbocycles. The number of imidazole rings is 1. The van der Waals surface area contributed by atoms with Crippen molar-refractivity contribution in [2.24, 2.45) is 29.6 Å². The molecule has 0 radical (unpaired) electrons. The molecule has 6 aliphatic rings. The Morgan fingerprint density at radius 2 is 1.65 bits per heavy atom. The minimum absolute atomic E-state index is 0. The molecule has 144 valence electrons. The summed E-state index contributed by atoms with van der Waals surface area (Å²) in [5.74, 6) is 2.76. The molecule has 7 rings (SSSR count). The van der Waals surface area contributed by atoms with E-state index < -0.39 is 11.6 Å². The molecule has 2 heterocycles. The fourth-order valence-corrected chi connectivity index (χ4v) is 6.79. The summed E-state index contributed by atoms with van der Waals surface area (Å²) in [7, 11) is 0. The maximum atomic E-state index is 6.77. The molecule has 2 spiro atoms. The normalized spacial score (nSPS) is 49.0. The molecule has 6 fully saturated rings. The summed E-state index contributed by atoms with van der Waals surface area (Å²) in [4.78, 5) is 16.3. The van der Waals surface area contributed by atoms with Crippen molar-refractivity contribution in [3.05, 3.63) is 18.7 Å². The third-order valence-corrected chi connectivity index (χ3v) is 7.84. The van der Waals surface area contributed by atoms with Crippen molar-refractivity contribution in [3.8, 4) is 0 Å². The van der Waals surface area contributed by atoms with Crippen molar-refractivity contribution in [2.75, 3.05) is 0 Å². The molecular weight excluding hydrogens is 352 g/mol. The van der Waals surface area contributed by atoms with E-state index >= 15 is 0 Å². The van der Waals surface area contributed by atoms with Gasteiger partial charge < -0.3 is 9.30 Å². The molecule has 1 aliphatic heterocycles. The van der Waals surface area contributed by atoms with Gasteiger partial charge in [-0.15, -0.1) is 12.4 Å². The topological polar surface area (TPSA) is 45.5 Å². The van der Waals surface area contributed by atoms with Crippen LogP contribution in [0.4, 0.5) is 0 Å². The largest absolute Gasteiger partial charge is 0.337 e. The van der Waals surface area contributed by atoms with E-state index in [-0.39, 0.29) is 12.4 Å². The van der Waals surface area contributed by atoms with Crippen LogP contribution in [0.5, 0.6) is 0 Å². The molecule has 1 saturated heterocycles. The summed E-state index contributed by atoms with van der Waals surface area (Å²) in [6.45, 7) is 1.05. The number of rotatable bonds is 2. The van der Waals surface area contributed by atoms with Crippen LogP contribution in [-0.4, -0.2) is 21.1 Å². The second kappa shape index (κ2) is 6.20. The van der Waals surface area contributed by atoms with Gasteiger partial charge in [-0.25, -0.2) is 4.98 Å². The molecule has 1 aromatic heterocycles. The number of hydrogen-bond acceptors (Lipinski definition) is 4. The van der Waals surface area contributed by atoms with Crippen LogP contribution >= 0.6 is 12.4 Å². The average molecular weight is 381 g/mol. The minimum atomic E-state index is -0.471. The van der Waals surface area contributed by atoms with Gasteiger partial charge in [-0.1, -0.05) is 0 Å². The van der Waals surface area contributed by atoms with Crippen molar-refractivity contribution in [1.82, 2.24) is 9.55 Å². The van der Waals surface area contributed by atoms with Gasteiger partial charge in [-0.2, -0.15) is 9.78 Å². The van der Waals surface area contributed by atoms with E-state index in [1.165, 1.54) is 32.1 Å². The monoisotopic (exact) mass is 380 g/mol. The summed E-state index contributed by atoms with van der Waals surface area (Å²) < 4.78 is 8.96. The van der Waals surface area contributed by atoms with Crippen molar-refractivity contribution in [2.45, 2.75) is 75.9 Å². The molecule has 1 aromatic rings. The van der Waals surface area contributed by atoms with Crippen molar-refractivity contribution >= 4 is 12.4 Å². The summed E-state index contributed by atoms with van der Waals surface area (Å²) in [5, 5.41) is 0. The third kappa shape index (κ3) is 2.58. The standard InChI is InChI=1S/C20H28N2O3.ClH/c1-3-19(4-2-14(1)12-22-6-5-21-13-22)23-20(25-24-19)17-8-15-7-16(10-17)11-18(20)9-15;/h5-6,13-18H,1-4,7-12H2;1H. The number of ether oxygens (including phenoxy) is 1. The Hall–Kier alpha value is -0.620. The van der Waals surface area contributed by atoms with Crippen molar-refractivity contribution in [1.29, 1.82) is 0 Å². The molecule has 5 saturated carbocycles. The highest BCUT2D eigenvalue weighted by Gasteiger charge is 2.66. The van der Waals surface area contributed by atoms with Crippen LogP contribution in [-0.2, 0) is 21.1 Å². The Balaban J connectivity index is 0.00000150. The van der Waals surface area contributed by atoms with Gasteiger partial charge in [0.1, 0.15) is 0 Å². The SMILES string of the molecule is Cl.c1cn(CC2CCC3(CC2)OOC2(O3)C3CC4CC(C3)CC2C4)cn1. The van der Waals surface area contributed by atoms with E-state index in [9.17, 15) is 0 Å². The van der Waals surface area contributed by atoms with Gasteiger partial charge in [0.05, 0.1) is 6.33 Å². The number of aromatic nitrogens is 2. The Morgan fingerprint density at radius 3 is 2.27 bits per heavy atom. The lowest BCUT2D eigenvalue weighted by Gasteiger charge is -2.57. The Labute approximate surface area is 161 Å². The molecule has 0 atom stereocenters. The molecule has 0 unspecified atom stereocenters. The molecule has 5 aliphatic carbocycles. The third-order valence-electron chi connectivity index (χ3n) is 7.84. The maximum absolute atomic E-state index is 6.77. The molecule has 4 bridgehead atoms. The van der Waals surface area contributed by atoms with Crippen LogP contribution in [0.25, 0.3) is 0 Å². The van der Waals surface area contributed by atoms with Crippen LogP contribution in [0.3, 0.4) is 0 Å². The van der Waals surface area contributed by atoms with Crippen LogP contribution in [0.2, 0.25) is 0 Å². The predicted octanol–water partition coefficient (Wildman–Crippen LogP) is 4.32. The van der Waals surface area contributed by atoms with Gasteiger partial charge in [0.2, 0.25) is 11.6 Å².